The number of aliphatic hydroxyl groups excluding tert-OH is 1. The predicted octanol–water partition coefficient (Wildman–Crippen LogP) is 2.15. The number of halogens is 3. The van der Waals surface area contributed by atoms with Crippen LogP contribution < -0.4 is 5.73 Å². The monoisotopic (exact) mass is 225 g/mol. The van der Waals surface area contributed by atoms with E-state index in [0.717, 1.165) is 0 Å². The first-order valence-electron chi connectivity index (χ1n) is 3.92. The highest BCUT2D eigenvalue weighted by atomic mass is 32.1. The Morgan fingerprint density at radius 1 is 1.50 bits per heavy atom. The van der Waals surface area contributed by atoms with Crippen LogP contribution in [0.25, 0.3) is 0 Å². The SMILES string of the molecule is CC(O)C(N)c1ccsc1C(F)(F)F. The first-order valence-corrected chi connectivity index (χ1v) is 4.80. The maximum absolute atomic E-state index is 12.4. The summed E-state index contributed by atoms with van der Waals surface area (Å²) in [4.78, 5) is -0.731. The van der Waals surface area contributed by atoms with Gasteiger partial charge in [0.1, 0.15) is 4.88 Å². The summed E-state index contributed by atoms with van der Waals surface area (Å²) in [5.41, 5.74) is 5.39. The van der Waals surface area contributed by atoms with E-state index < -0.39 is 23.2 Å². The van der Waals surface area contributed by atoms with Crippen LogP contribution in [0.1, 0.15) is 23.4 Å². The lowest BCUT2D eigenvalue weighted by molar-refractivity contribution is -0.135. The molecule has 2 nitrogen and oxygen atoms in total. The van der Waals surface area contributed by atoms with E-state index in [1.54, 1.807) is 0 Å². The molecule has 1 rings (SSSR count). The third-order valence-electron chi connectivity index (χ3n) is 1.83. The summed E-state index contributed by atoms with van der Waals surface area (Å²) in [6.45, 7) is 1.36. The topological polar surface area (TPSA) is 46.2 Å². The van der Waals surface area contributed by atoms with Crippen molar-refractivity contribution in [2.45, 2.75) is 25.2 Å². The molecule has 1 heterocycles. The van der Waals surface area contributed by atoms with Gasteiger partial charge in [0.15, 0.2) is 0 Å². The number of alkyl halides is 3. The fourth-order valence-corrected chi connectivity index (χ4v) is 1.90. The van der Waals surface area contributed by atoms with Crippen LogP contribution in [0.5, 0.6) is 0 Å². The molecule has 0 fully saturated rings. The minimum atomic E-state index is -4.39. The molecule has 1 aromatic heterocycles. The van der Waals surface area contributed by atoms with Crippen molar-refractivity contribution < 1.29 is 18.3 Å². The summed E-state index contributed by atoms with van der Waals surface area (Å²) in [5.74, 6) is 0. The zero-order chi connectivity index (χ0) is 10.9. The van der Waals surface area contributed by atoms with Crippen LogP contribution in [0, 0.1) is 0 Å². The van der Waals surface area contributed by atoms with E-state index in [1.807, 2.05) is 0 Å². The molecule has 0 aliphatic rings. The number of hydrogen-bond donors (Lipinski definition) is 2. The minimum Gasteiger partial charge on any atom is -0.391 e. The van der Waals surface area contributed by atoms with Crippen LogP contribution in [0.15, 0.2) is 11.4 Å². The third-order valence-corrected chi connectivity index (χ3v) is 2.81. The smallest absolute Gasteiger partial charge is 0.391 e. The van der Waals surface area contributed by atoms with Gasteiger partial charge < -0.3 is 10.8 Å². The third kappa shape index (κ3) is 2.26. The van der Waals surface area contributed by atoms with Crippen molar-refractivity contribution in [2.24, 2.45) is 5.73 Å². The van der Waals surface area contributed by atoms with Gasteiger partial charge in [0.25, 0.3) is 0 Å². The van der Waals surface area contributed by atoms with E-state index in [-0.39, 0.29) is 5.56 Å². The van der Waals surface area contributed by atoms with Gasteiger partial charge in [-0.1, -0.05) is 0 Å². The van der Waals surface area contributed by atoms with Crippen LogP contribution in [0.4, 0.5) is 13.2 Å². The fraction of sp³-hybridized carbons (Fsp3) is 0.500. The van der Waals surface area contributed by atoms with Crippen LogP contribution >= 0.6 is 11.3 Å². The maximum atomic E-state index is 12.4. The van der Waals surface area contributed by atoms with Crippen molar-refractivity contribution in [3.63, 3.8) is 0 Å². The second kappa shape index (κ2) is 3.88. The molecule has 0 spiro atoms. The summed E-state index contributed by atoms with van der Waals surface area (Å²) in [5, 5.41) is 10.4. The molecule has 0 saturated heterocycles. The highest BCUT2D eigenvalue weighted by Gasteiger charge is 2.36. The van der Waals surface area contributed by atoms with Crippen LogP contribution in [0.2, 0.25) is 0 Å². The zero-order valence-corrected chi connectivity index (χ0v) is 8.19. The van der Waals surface area contributed by atoms with E-state index in [9.17, 15) is 13.2 Å². The Morgan fingerprint density at radius 3 is 2.50 bits per heavy atom. The first-order chi connectivity index (χ1) is 6.34. The van der Waals surface area contributed by atoms with Gasteiger partial charge in [-0.2, -0.15) is 13.2 Å². The number of thiophene rings is 1. The quantitative estimate of drug-likeness (QED) is 0.810. The molecular weight excluding hydrogens is 215 g/mol. The lowest BCUT2D eigenvalue weighted by Crippen LogP contribution is -2.25. The average molecular weight is 225 g/mol. The Hall–Kier alpha value is -0.590. The molecule has 0 radical (unpaired) electrons. The molecule has 0 aromatic carbocycles. The van der Waals surface area contributed by atoms with E-state index in [4.69, 9.17) is 10.8 Å². The lowest BCUT2D eigenvalue weighted by Gasteiger charge is -2.16. The standard InChI is InChI=1S/C8H10F3NOS/c1-4(13)6(12)5-2-3-14-7(5)8(9,10)11/h2-4,6,13H,12H2,1H3. The van der Waals surface area contributed by atoms with Crippen molar-refractivity contribution in [1.82, 2.24) is 0 Å². The number of hydrogen-bond acceptors (Lipinski definition) is 3. The van der Waals surface area contributed by atoms with Crippen LogP contribution in [0.3, 0.4) is 0 Å². The Bertz CT molecular complexity index is 308. The van der Waals surface area contributed by atoms with E-state index in [1.165, 1.54) is 18.4 Å². The van der Waals surface area contributed by atoms with Crippen molar-refractivity contribution in [1.29, 1.82) is 0 Å². The number of aliphatic hydroxyl groups is 1. The van der Waals surface area contributed by atoms with Crippen molar-refractivity contribution in [3.8, 4) is 0 Å². The van der Waals surface area contributed by atoms with E-state index in [2.05, 4.69) is 0 Å². The number of nitrogens with two attached hydrogens (primary N) is 1. The molecule has 0 bridgehead atoms. The van der Waals surface area contributed by atoms with Gasteiger partial charge in [0.2, 0.25) is 0 Å². The molecule has 2 unspecified atom stereocenters. The molecule has 0 amide bonds. The van der Waals surface area contributed by atoms with Crippen LogP contribution in [-0.4, -0.2) is 11.2 Å². The van der Waals surface area contributed by atoms with Crippen molar-refractivity contribution in [3.05, 3.63) is 21.9 Å². The van der Waals surface area contributed by atoms with Gasteiger partial charge in [-0.25, -0.2) is 0 Å². The molecule has 1 aromatic rings. The maximum Gasteiger partial charge on any atom is 0.425 e. The first kappa shape index (κ1) is 11.5. The Morgan fingerprint density at radius 2 is 2.07 bits per heavy atom. The second-order valence-corrected chi connectivity index (χ2v) is 3.89. The van der Waals surface area contributed by atoms with Crippen molar-refractivity contribution >= 4 is 11.3 Å². The molecule has 0 aliphatic heterocycles. The Labute approximate surface area is 83.2 Å². The average Bonchev–Trinajstić information content (AvgIpc) is 2.48. The second-order valence-electron chi connectivity index (χ2n) is 2.97. The fourth-order valence-electron chi connectivity index (χ4n) is 1.07. The molecule has 6 heteroatoms. The molecule has 14 heavy (non-hydrogen) atoms. The molecule has 0 saturated carbocycles. The highest BCUT2D eigenvalue weighted by Crippen LogP contribution is 2.38. The van der Waals surface area contributed by atoms with E-state index in [0.29, 0.717) is 11.3 Å². The van der Waals surface area contributed by atoms with E-state index >= 15 is 0 Å². The predicted molar refractivity (Wildman–Crippen MR) is 47.9 cm³/mol. The summed E-state index contributed by atoms with van der Waals surface area (Å²) in [6, 6.07) is 0.308. The van der Waals surface area contributed by atoms with Gasteiger partial charge in [0, 0.05) is 0 Å². The lowest BCUT2D eigenvalue weighted by atomic mass is 10.0. The largest absolute Gasteiger partial charge is 0.425 e. The van der Waals surface area contributed by atoms with Crippen LogP contribution in [-0.2, 0) is 6.18 Å². The summed E-state index contributed by atoms with van der Waals surface area (Å²) < 4.78 is 37.1. The normalized spacial score (nSPS) is 16.7. The molecule has 3 N–H and O–H groups in total. The highest BCUT2D eigenvalue weighted by molar-refractivity contribution is 7.10. The van der Waals surface area contributed by atoms with Crippen molar-refractivity contribution in [2.75, 3.05) is 0 Å². The van der Waals surface area contributed by atoms with Gasteiger partial charge in [-0.05, 0) is 23.9 Å². The zero-order valence-electron chi connectivity index (χ0n) is 7.38. The summed E-state index contributed by atoms with van der Waals surface area (Å²) in [6.07, 6.45) is -5.39. The molecule has 80 valence electrons. The minimum absolute atomic E-state index is 0.0440. The molecular formula is C8H10F3NOS. The van der Waals surface area contributed by atoms with Gasteiger partial charge in [-0.3, -0.25) is 0 Å². The van der Waals surface area contributed by atoms with Gasteiger partial charge in [0.05, 0.1) is 12.1 Å². The molecule has 0 aliphatic carbocycles. The van der Waals surface area contributed by atoms with Gasteiger partial charge >= 0.3 is 6.18 Å². The number of rotatable bonds is 2. The Balaban J connectivity index is 3.05. The molecule has 2 atom stereocenters. The Kier molecular flexibility index (Phi) is 3.18. The van der Waals surface area contributed by atoms with Gasteiger partial charge in [-0.15, -0.1) is 11.3 Å². The summed E-state index contributed by atoms with van der Waals surface area (Å²) >= 11 is 0.586. The summed E-state index contributed by atoms with van der Waals surface area (Å²) in [7, 11) is 0.